The molecule has 1 heterocycles. The van der Waals surface area contributed by atoms with Crippen LogP contribution in [-0.4, -0.2) is 19.4 Å². The van der Waals surface area contributed by atoms with E-state index in [0.29, 0.717) is 0 Å². The number of hydrogen-bond donors (Lipinski definition) is 1. The summed E-state index contributed by atoms with van der Waals surface area (Å²) in [5.74, 6) is 0. The molecule has 0 aliphatic rings. The highest BCUT2D eigenvalue weighted by Gasteiger charge is 2.21. The summed E-state index contributed by atoms with van der Waals surface area (Å²) >= 11 is 6.65. The molecule has 0 amide bonds. The number of sulfonamides is 1. The predicted molar refractivity (Wildman–Crippen MR) is 75.7 cm³/mol. The molecule has 1 N–H and O–H groups in total. The SMILES string of the molecule is CCCCC(CCC)NS(=O)(=O)c1cnc(Cl)s1. The van der Waals surface area contributed by atoms with Gasteiger partial charge in [-0.15, -0.1) is 0 Å². The lowest BCUT2D eigenvalue weighted by molar-refractivity contribution is 0.484. The quantitative estimate of drug-likeness (QED) is 0.800. The second kappa shape index (κ2) is 7.43. The molecule has 0 aromatic carbocycles. The topological polar surface area (TPSA) is 59.1 Å². The van der Waals surface area contributed by atoms with Crippen molar-refractivity contribution in [3.63, 3.8) is 0 Å². The fourth-order valence-corrected chi connectivity index (χ4v) is 4.32. The van der Waals surface area contributed by atoms with Crippen molar-refractivity contribution in [1.82, 2.24) is 9.71 Å². The number of aromatic nitrogens is 1. The summed E-state index contributed by atoms with van der Waals surface area (Å²) in [7, 11) is -3.47. The monoisotopic (exact) mass is 310 g/mol. The lowest BCUT2D eigenvalue weighted by Gasteiger charge is -2.16. The van der Waals surface area contributed by atoms with Crippen molar-refractivity contribution in [2.24, 2.45) is 0 Å². The van der Waals surface area contributed by atoms with Gasteiger partial charge in [0.2, 0.25) is 0 Å². The molecule has 0 aliphatic heterocycles. The van der Waals surface area contributed by atoms with E-state index >= 15 is 0 Å². The molecule has 1 rings (SSSR count). The first-order valence-electron chi connectivity index (χ1n) is 6.13. The molecule has 1 aromatic heterocycles. The summed E-state index contributed by atoms with van der Waals surface area (Å²) in [5, 5.41) is 0. The Labute approximate surface area is 118 Å². The van der Waals surface area contributed by atoms with Crippen molar-refractivity contribution >= 4 is 33.0 Å². The van der Waals surface area contributed by atoms with Crippen LogP contribution in [0.5, 0.6) is 0 Å². The minimum Gasteiger partial charge on any atom is -0.232 e. The van der Waals surface area contributed by atoms with E-state index in [1.54, 1.807) is 0 Å². The second-order valence-electron chi connectivity index (χ2n) is 4.18. The van der Waals surface area contributed by atoms with E-state index in [-0.39, 0.29) is 14.7 Å². The molecule has 7 heteroatoms. The van der Waals surface area contributed by atoms with Gasteiger partial charge >= 0.3 is 0 Å². The van der Waals surface area contributed by atoms with Crippen molar-refractivity contribution in [2.45, 2.75) is 56.2 Å². The van der Waals surface area contributed by atoms with Gasteiger partial charge in [-0.3, -0.25) is 0 Å². The van der Waals surface area contributed by atoms with Gasteiger partial charge in [0.25, 0.3) is 10.0 Å². The summed E-state index contributed by atoms with van der Waals surface area (Å²) in [5.41, 5.74) is 0. The van der Waals surface area contributed by atoms with E-state index in [9.17, 15) is 8.42 Å². The summed E-state index contributed by atoms with van der Waals surface area (Å²) in [4.78, 5) is 3.76. The molecule has 0 fully saturated rings. The van der Waals surface area contributed by atoms with Gasteiger partial charge in [-0.25, -0.2) is 18.1 Å². The first-order valence-corrected chi connectivity index (χ1v) is 8.81. The molecule has 1 unspecified atom stereocenters. The van der Waals surface area contributed by atoms with Crippen LogP contribution in [0.2, 0.25) is 4.47 Å². The second-order valence-corrected chi connectivity index (χ2v) is 7.73. The molecule has 1 atom stereocenters. The van der Waals surface area contributed by atoms with Gasteiger partial charge in [0, 0.05) is 6.04 Å². The molecule has 1 aromatic rings. The highest BCUT2D eigenvalue weighted by Crippen LogP contribution is 2.23. The van der Waals surface area contributed by atoms with Crippen LogP contribution in [0.3, 0.4) is 0 Å². The Kier molecular flexibility index (Phi) is 6.55. The van der Waals surface area contributed by atoms with Gasteiger partial charge in [-0.05, 0) is 12.8 Å². The lowest BCUT2D eigenvalue weighted by Crippen LogP contribution is -2.34. The third kappa shape index (κ3) is 4.84. The molecule has 18 heavy (non-hydrogen) atoms. The highest BCUT2D eigenvalue weighted by molar-refractivity contribution is 7.91. The molecule has 104 valence electrons. The molecule has 0 bridgehead atoms. The average molecular weight is 311 g/mol. The summed E-state index contributed by atoms with van der Waals surface area (Å²) in [6.07, 6.45) is 6.07. The normalized spacial score (nSPS) is 13.7. The van der Waals surface area contributed by atoms with Crippen LogP contribution >= 0.6 is 22.9 Å². The smallest absolute Gasteiger partial charge is 0.232 e. The van der Waals surface area contributed by atoms with Gasteiger partial charge in [0.1, 0.15) is 0 Å². The molecular formula is C11H19ClN2O2S2. The van der Waals surface area contributed by atoms with Crippen LogP contribution in [-0.2, 0) is 10.0 Å². The van der Waals surface area contributed by atoms with Crippen LogP contribution in [0.25, 0.3) is 0 Å². The number of rotatable bonds is 8. The van der Waals surface area contributed by atoms with E-state index < -0.39 is 10.0 Å². The molecule has 0 saturated carbocycles. The Morgan fingerprint density at radius 3 is 2.61 bits per heavy atom. The third-order valence-electron chi connectivity index (χ3n) is 2.59. The molecule has 4 nitrogen and oxygen atoms in total. The number of nitrogens with zero attached hydrogens (tertiary/aromatic N) is 1. The van der Waals surface area contributed by atoms with E-state index in [1.165, 1.54) is 6.20 Å². The first kappa shape index (κ1) is 15.9. The van der Waals surface area contributed by atoms with Gasteiger partial charge in [-0.1, -0.05) is 56.0 Å². The van der Waals surface area contributed by atoms with Crippen molar-refractivity contribution < 1.29 is 8.42 Å². The molecule has 0 radical (unpaired) electrons. The summed E-state index contributed by atoms with van der Waals surface area (Å²) < 4.78 is 27.4. The van der Waals surface area contributed by atoms with E-state index in [4.69, 9.17) is 11.6 Å². The van der Waals surface area contributed by atoms with Crippen LogP contribution in [0.1, 0.15) is 46.0 Å². The zero-order valence-corrected chi connectivity index (χ0v) is 13.0. The van der Waals surface area contributed by atoms with Crippen LogP contribution in [0.4, 0.5) is 0 Å². The van der Waals surface area contributed by atoms with Crippen molar-refractivity contribution in [1.29, 1.82) is 0 Å². The Bertz CT molecular complexity index is 459. The Balaban J connectivity index is 2.72. The van der Waals surface area contributed by atoms with Crippen molar-refractivity contribution in [3.8, 4) is 0 Å². The minimum absolute atomic E-state index is 0.000764. The molecular weight excluding hydrogens is 292 g/mol. The summed E-state index contributed by atoms with van der Waals surface area (Å²) in [6, 6.07) is 0.000764. The maximum atomic E-state index is 12.1. The molecule has 0 spiro atoms. The third-order valence-corrected chi connectivity index (χ3v) is 5.68. The number of nitrogens with one attached hydrogen (secondary N) is 1. The number of thiazole rings is 1. The first-order chi connectivity index (χ1) is 8.49. The zero-order chi connectivity index (χ0) is 13.6. The predicted octanol–water partition coefficient (Wildman–Crippen LogP) is 3.43. The van der Waals surface area contributed by atoms with Gasteiger partial charge in [0.15, 0.2) is 8.68 Å². The van der Waals surface area contributed by atoms with Gasteiger partial charge < -0.3 is 0 Å². The number of hydrogen-bond acceptors (Lipinski definition) is 4. The Hall–Kier alpha value is -0.170. The number of unbranched alkanes of at least 4 members (excludes halogenated alkanes) is 1. The molecule has 0 saturated heterocycles. The Morgan fingerprint density at radius 1 is 1.39 bits per heavy atom. The van der Waals surface area contributed by atoms with Crippen LogP contribution in [0.15, 0.2) is 10.4 Å². The summed E-state index contributed by atoms with van der Waals surface area (Å²) in [6.45, 7) is 4.15. The standard InChI is InChI=1S/C11H19ClN2O2S2/c1-3-5-7-9(6-4-2)14-18(15,16)10-8-13-11(12)17-10/h8-9,14H,3-7H2,1-2H3. The van der Waals surface area contributed by atoms with Gasteiger partial charge in [-0.2, -0.15) is 0 Å². The fourth-order valence-electron chi connectivity index (χ4n) is 1.70. The Morgan fingerprint density at radius 2 is 2.11 bits per heavy atom. The zero-order valence-electron chi connectivity index (χ0n) is 10.6. The van der Waals surface area contributed by atoms with Crippen LogP contribution < -0.4 is 4.72 Å². The van der Waals surface area contributed by atoms with Crippen molar-refractivity contribution in [2.75, 3.05) is 0 Å². The fraction of sp³-hybridized carbons (Fsp3) is 0.727. The average Bonchev–Trinajstić information content (AvgIpc) is 2.73. The number of halogens is 1. The highest BCUT2D eigenvalue weighted by atomic mass is 35.5. The van der Waals surface area contributed by atoms with E-state index in [0.717, 1.165) is 43.4 Å². The molecule has 0 aliphatic carbocycles. The van der Waals surface area contributed by atoms with E-state index in [1.807, 2.05) is 0 Å². The largest absolute Gasteiger partial charge is 0.251 e. The maximum absolute atomic E-state index is 12.1. The van der Waals surface area contributed by atoms with Gasteiger partial charge in [0.05, 0.1) is 6.20 Å². The van der Waals surface area contributed by atoms with Crippen molar-refractivity contribution in [3.05, 3.63) is 10.7 Å². The maximum Gasteiger partial charge on any atom is 0.251 e. The van der Waals surface area contributed by atoms with Crippen LogP contribution in [0, 0.1) is 0 Å². The van der Waals surface area contributed by atoms with E-state index in [2.05, 4.69) is 23.6 Å². The minimum atomic E-state index is -3.47. The lowest BCUT2D eigenvalue weighted by atomic mass is 10.1.